The molecule has 0 saturated carbocycles. The first-order valence-electron chi connectivity index (χ1n) is 7.23. The molecular weight excluding hydrogens is 263 g/mol. The average molecular weight is 282 g/mol. The first kappa shape index (κ1) is 13.8. The molecule has 2 aromatic carbocycles. The maximum absolute atomic E-state index is 13.9. The van der Waals surface area contributed by atoms with Crippen molar-refractivity contribution in [3.63, 3.8) is 0 Å². The van der Waals surface area contributed by atoms with Gasteiger partial charge in [-0.3, -0.25) is 4.90 Å². The summed E-state index contributed by atoms with van der Waals surface area (Å²) in [6, 6.07) is 15.4. The second kappa shape index (κ2) is 6.10. The van der Waals surface area contributed by atoms with Gasteiger partial charge in [0.15, 0.2) is 0 Å². The highest BCUT2D eigenvalue weighted by molar-refractivity contribution is 5.68. The summed E-state index contributed by atoms with van der Waals surface area (Å²) in [5.41, 5.74) is 9.15. The van der Waals surface area contributed by atoms with E-state index in [1.54, 1.807) is 12.1 Å². The quantitative estimate of drug-likeness (QED) is 0.870. The monoisotopic (exact) mass is 282 g/mol. The van der Waals surface area contributed by atoms with Gasteiger partial charge in [0.25, 0.3) is 0 Å². The molecule has 1 aliphatic heterocycles. The van der Waals surface area contributed by atoms with Gasteiger partial charge >= 0.3 is 0 Å². The summed E-state index contributed by atoms with van der Waals surface area (Å²) in [6.07, 6.45) is 2.99. The Kier molecular flexibility index (Phi) is 4.02. The van der Waals surface area contributed by atoms with Crippen LogP contribution < -0.4 is 5.73 Å². The van der Waals surface area contributed by atoms with Gasteiger partial charge < -0.3 is 5.73 Å². The molecule has 0 radical (unpaired) electrons. The summed E-state index contributed by atoms with van der Waals surface area (Å²) in [5.74, 6) is -0.224. The number of nitrogens with zero attached hydrogens (tertiary/aromatic N) is 1. The van der Waals surface area contributed by atoms with Crippen LogP contribution in [-0.4, -0.2) is 18.0 Å². The summed E-state index contributed by atoms with van der Waals surface area (Å²) in [4.78, 5) is 2.37. The van der Waals surface area contributed by atoms with E-state index in [-0.39, 0.29) is 5.82 Å². The number of halogens is 1. The first-order valence-corrected chi connectivity index (χ1v) is 7.23. The summed E-state index contributed by atoms with van der Waals surface area (Å²) in [5, 5.41) is 0. The molecular formula is C18H19FN2. The van der Waals surface area contributed by atoms with Crippen LogP contribution in [0.3, 0.4) is 0 Å². The number of hydrogen-bond acceptors (Lipinski definition) is 2. The SMILES string of the molecule is Nc1ccc(C2=CCN(Cc3ccccc3)CC2)c(F)c1. The smallest absolute Gasteiger partial charge is 0.132 e. The molecule has 21 heavy (non-hydrogen) atoms. The molecule has 0 amide bonds. The molecule has 2 aromatic rings. The van der Waals surface area contributed by atoms with Gasteiger partial charge in [-0.05, 0) is 35.8 Å². The second-order valence-electron chi connectivity index (χ2n) is 5.44. The van der Waals surface area contributed by atoms with Gasteiger partial charge in [-0.2, -0.15) is 0 Å². The minimum Gasteiger partial charge on any atom is -0.399 e. The topological polar surface area (TPSA) is 29.3 Å². The molecule has 0 fully saturated rings. The molecule has 0 spiro atoms. The van der Waals surface area contributed by atoms with Gasteiger partial charge in [-0.25, -0.2) is 4.39 Å². The van der Waals surface area contributed by atoms with Gasteiger partial charge in [0.2, 0.25) is 0 Å². The van der Waals surface area contributed by atoms with E-state index >= 15 is 0 Å². The number of anilines is 1. The van der Waals surface area contributed by atoms with Gasteiger partial charge in [0, 0.05) is 30.9 Å². The van der Waals surface area contributed by atoms with Crippen molar-refractivity contribution in [2.24, 2.45) is 0 Å². The Morgan fingerprint density at radius 3 is 2.57 bits per heavy atom. The molecule has 1 aliphatic rings. The zero-order valence-electron chi connectivity index (χ0n) is 11.9. The van der Waals surface area contributed by atoms with Crippen molar-refractivity contribution in [1.29, 1.82) is 0 Å². The van der Waals surface area contributed by atoms with E-state index in [9.17, 15) is 4.39 Å². The van der Waals surface area contributed by atoms with E-state index in [0.717, 1.165) is 31.6 Å². The molecule has 2 nitrogen and oxygen atoms in total. The highest BCUT2D eigenvalue weighted by Crippen LogP contribution is 2.26. The standard InChI is InChI=1S/C18H19FN2/c19-18-12-16(20)6-7-17(18)15-8-10-21(11-9-15)13-14-4-2-1-3-5-14/h1-8,12H,9-11,13,20H2. The fourth-order valence-corrected chi connectivity index (χ4v) is 2.73. The minimum absolute atomic E-state index is 0.224. The Balaban J connectivity index is 1.69. The van der Waals surface area contributed by atoms with E-state index in [4.69, 9.17) is 5.73 Å². The molecule has 0 atom stereocenters. The van der Waals surface area contributed by atoms with E-state index in [1.807, 2.05) is 6.07 Å². The lowest BCUT2D eigenvalue weighted by atomic mass is 9.98. The van der Waals surface area contributed by atoms with Crippen LogP contribution in [-0.2, 0) is 6.54 Å². The van der Waals surface area contributed by atoms with Crippen molar-refractivity contribution < 1.29 is 4.39 Å². The summed E-state index contributed by atoms with van der Waals surface area (Å²) in [7, 11) is 0. The maximum atomic E-state index is 13.9. The number of benzene rings is 2. The number of hydrogen-bond donors (Lipinski definition) is 1. The number of nitrogen functional groups attached to an aromatic ring is 1. The Morgan fingerprint density at radius 2 is 1.90 bits per heavy atom. The zero-order valence-corrected chi connectivity index (χ0v) is 11.9. The van der Waals surface area contributed by atoms with Crippen LogP contribution in [0.1, 0.15) is 17.5 Å². The predicted molar refractivity (Wildman–Crippen MR) is 85.1 cm³/mol. The highest BCUT2D eigenvalue weighted by atomic mass is 19.1. The van der Waals surface area contributed by atoms with Gasteiger partial charge in [0.05, 0.1) is 0 Å². The van der Waals surface area contributed by atoms with Gasteiger partial charge in [-0.15, -0.1) is 0 Å². The zero-order chi connectivity index (χ0) is 14.7. The van der Waals surface area contributed by atoms with Crippen LogP contribution in [0, 0.1) is 5.82 Å². The Hall–Kier alpha value is -2.13. The Morgan fingerprint density at radius 1 is 1.10 bits per heavy atom. The van der Waals surface area contributed by atoms with E-state index in [0.29, 0.717) is 11.3 Å². The van der Waals surface area contributed by atoms with Crippen molar-refractivity contribution in [3.8, 4) is 0 Å². The van der Waals surface area contributed by atoms with Crippen molar-refractivity contribution in [1.82, 2.24) is 4.90 Å². The maximum Gasteiger partial charge on any atom is 0.132 e. The number of nitrogens with two attached hydrogens (primary N) is 1. The summed E-state index contributed by atoms with van der Waals surface area (Å²) in [6.45, 7) is 2.74. The largest absolute Gasteiger partial charge is 0.399 e. The lowest BCUT2D eigenvalue weighted by molar-refractivity contribution is 0.293. The highest BCUT2D eigenvalue weighted by Gasteiger charge is 2.15. The van der Waals surface area contributed by atoms with Crippen molar-refractivity contribution >= 4 is 11.3 Å². The third-order valence-corrected chi connectivity index (χ3v) is 3.88. The lowest BCUT2D eigenvalue weighted by Gasteiger charge is -2.26. The van der Waals surface area contributed by atoms with Gasteiger partial charge in [-0.1, -0.05) is 36.4 Å². The summed E-state index contributed by atoms with van der Waals surface area (Å²) < 4.78 is 13.9. The molecule has 0 bridgehead atoms. The molecule has 0 aliphatic carbocycles. The molecule has 0 unspecified atom stereocenters. The van der Waals surface area contributed by atoms with Crippen LogP contribution in [0.5, 0.6) is 0 Å². The second-order valence-corrected chi connectivity index (χ2v) is 5.44. The molecule has 3 heteroatoms. The first-order chi connectivity index (χ1) is 10.2. The Labute approximate surface area is 124 Å². The fraction of sp³-hybridized carbons (Fsp3) is 0.222. The molecule has 2 N–H and O–H groups in total. The van der Waals surface area contributed by atoms with Crippen molar-refractivity contribution in [3.05, 3.63) is 71.6 Å². The average Bonchev–Trinajstić information content (AvgIpc) is 2.49. The Bertz CT molecular complexity index is 650. The van der Waals surface area contributed by atoms with Crippen LogP contribution in [0.25, 0.3) is 5.57 Å². The molecule has 3 rings (SSSR count). The molecule has 108 valence electrons. The summed E-state index contributed by atoms with van der Waals surface area (Å²) >= 11 is 0. The minimum atomic E-state index is -0.224. The normalized spacial score (nSPS) is 15.8. The molecule has 0 aromatic heterocycles. The lowest BCUT2D eigenvalue weighted by Crippen LogP contribution is -2.28. The third kappa shape index (κ3) is 3.31. The van der Waals surface area contributed by atoms with E-state index in [2.05, 4.69) is 35.2 Å². The predicted octanol–water partition coefficient (Wildman–Crippen LogP) is 3.70. The van der Waals surface area contributed by atoms with Crippen LogP contribution in [0.2, 0.25) is 0 Å². The van der Waals surface area contributed by atoms with Gasteiger partial charge in [0.1, 0.15) is 5.82 Å². The van der Waals surface area contributed by atoms with Crippen LogP contribution in [0.15, 0.2) is 54.6 Å². The molecule has 0 saturated heterocycles. The van der Waals surface area contributed by atoms with E-state index < -0.39 is 0 Å². The molecule has 1 heterocycles. The fourth-order valence-electron chi connectivity index (χ4n) is 2.73. The van der Waals surface area contributed by atoms with Crippen LogP contribution >= 0.6 is 0 Å². The van der Waals surface area contributed by atoms with Crippen molar-refractivity contribution in [2.75, 3.05) is 18.8 Å². The van der Waals surface area contributed by atoms with Crippen molar-refractivity contribution in [2.45, 2.75) is 13.0 Å². The number of rotatable bonds is 3. The third-order valence-electron chi connectivity index (χ3n) is 3.88. The van der Waals surface area contributed by atoms with E-state index in [1.165, 1.54) is 11.6 Å². The van der Waals surface area contributed by atoms with Crippen LogP contribution in [0.4, 0.5) is 10.1 Å².